The van der Waals surface area contributed by atoms with Gasteiger partial charge in [-0.05, 0) is 18.6 Å². The zero-order valence-corrected chi connectivity index (χ0v) is 11.9. The molecule has 0 fully saturated rings. The van der Waals surface area contributed by atoms with Crippen LogP contribution in [0.4, 0.5) is 5.82 Å². The van der Waals surface area contributed by atoms with Crippen LogP contribution in [0.2, 0.25) is 5.02 Å². The maximum atomic E-state index is 12.1. The Hall–Kier alpha value is -2.01. The molecule has 0 aromatic carbocycles. The fourth-order valence-electron chi connectivity index (χ4n) is 1.63. The lowest BCUT2D eigenvalue weighted by Crippen LogP contribution is -2.23. The molecule has 1 amide bonds. The Labute approximate surface area is 122 Å². The normalized spacial score (nSPS) is 10.3. The second-order valence-corrected chi connectivity index (χ2v) is 4.70. The van der Waals surface area contributed by atoms with Gasteiger partial charge in [-0.25, -0.2) is 4.98 Å². The first kappa shape index (κ1) is 14.4. The number of carbonyl (C=O) groups excluding carboxylic acids is 1. The average molecular weight is 294 g/mol. The number of amides is 1. The predicted octanol–water partition coefficient (Wildman–Crippen LogP) is 3.08. The number of furan rings is 1. The summed E-state index contributed by atoms with van der Waals surface area (Å²) in [4.78, 5) is 16.2. The summed E-state index contributed by atoms with van der Waals surface area (Å²) in [6.45, 7) is 3.25. The Kier molecular flexibility index (Phi) is 5.01. The van der Waals surface area contributed by atoms with E-state index in [-0.39, 0.29) is 5.91 Å². The van der Waals surface area contributed by atoms with Gasteiger partial charge in [0.25, 0.3) is 5.91 Å². The molecule has 2 rings (SSSR count). The van der Waals surface area contributed by atoms with Crippen molar-refractivity contribution in [3.63, 3.8) is 0 Å². The molecule has 0 aliphatic heterocycles. The fourth-order valence-corrected chi connectivity index (χ4v) is 1.82. The van der Waals surface area contributed by atoms with Crippen LogP contribution in [0.1, 0.15) is 29.3 Å². The minimum atomic E-state index is -0.238. The van der Waals surface area contributed by atoms with Gasteiger partial charge in [0.05, 0.1) is 23.1 Å². The van der Waals surface area contributed by atoms with Crippen molar-refractivity contribution in [1.82, 2.24) is 10.3 Å². The van der Waals surface area contributed by atoms with Crippen molar-refractivity contribution >= 4 is 23.3 Å². The number of aromatic nitrogens is 1. The summed E-state index contributed by atoms with van der Waals surface area (Å²) in [7, 11) is 0. The molecule has 0 aliphatic rings. The standard InChI is InChI=1S/C14H16ClN3O2/c1-2-4-16-13-6-11(12(15)8-17-13)14(19)18-7-10-3-5-20-9-10/h3,5-6,8-9H,2,4,7H2,1H3,(H,16,17)(H,18,19). The lowest BCUT2D eigenvalue weighted by molar-refractivity contribution is 0.0951. The van der Waals surface area contributed by atoms with Crippen molar-refractivity contribution in [2.45, 2.75) is 19.9 Å². The highest BCUT2D eigenvalue weighted by Gasteiger charge is 2.12. The SMILES string of the molecule is CCCNc1cc(C(=O)NCc2ccoc2)c(Cl)cn1. The largest absolute Gasteiger partial charge is 0.472 e. The Morgan fingerprint density at radius 2 is 2.35 bits per heavy atom. The molecule has 0 unspecified atom stereocenters. The van der Waals surface area contributed by atoms with Crippen LogP contribution >= 0.6 is 11.6 Å². The topological polar surface area (TPSA) is 67.2 Å². The van der Waals surface area contributed by atoms with E-state index in [1.807, 2.05) is 0 Å². The Balaban J connectivity index is 2.04. The third kappa shape index (κ3) is 3.74. The lowest BCUT2D eigenvalue weighted by Gasteiger charge is -2.08. The van der Waals surface area contributed by atoms with Crippen LogP contribution in [-0.4, -0.2) is 17.4 Å². The van der Waals surface area contributed by atoms with Crippen LogP contribution < -0.4 is 10.6 Å². The highest BCUT2D eigenvalue weighted by molar-refractivity contribution is 6.33. The zero-order valence-electron chi connectivity index (χ0n) is 11.1. The minimum absolute atomic E-state index is 0.238. The van der Waals surface area contributed by atoms with Crippen molar-refractivity contribution in [3.05, 3.63) is 47.0 Å². The molecule has 2 aromatic rings. The number of carbonyl (C=O) groups is 1. The molecule has 5 nitrogen and oxygen atoms in total. The van der Waals surface area contributed by atoms with Crippen molar-refractivity contribution < 1.29 is 9.21 Å². The van der Waals surface area contributed by atoms with Gasteiger partial charge in [-0.2, -0.15) is 0 Å². The summed E-state index contributed by atoms with van der Waals surface area (Å²) in [5.74, 6) is 0.405. The number of hydrogen-bond donors (Lipinski definition) is 2. The average Bonchev–Trinajstić information content (AvgIpc) is 2.97. The monoisotopic (exact) mass is 293 g/mol. The number of nitrogens with one attached hydrogen (secondary N) is 2. The van der Waals surface area contributed by atoms with Gasteiger partial charge in [0, 0.05) is 24.8 Å². The van der Waals surface area contributed by atoms with Gasteiger partial charge in [-0.3, -0.25) is 4.79 Å². The first-order valence-corrected chi connectivity index (χ1v) is 6.77. The molecular formula is C14H16ClN3O2. The minimum Gasteiger partial charge on any atom is -0.472 e. The molecule has 0 saturated heterocycles. The number of anilines is 1. The van der Waals surface area contributed by atoms with Gasteiger partial charge >= 0.3 is 0 Å². The fraction of sp³-hybridized carbons (Fsp3) is 0.286. The zero-order chi connectivity index (χ0) is 14.4. The molecule has 0 atom stereocenters. The number of nitrogens with zero attached hydrogens (tertiary/aromatic N) is 1. The van der Waals surface area contributed by atoms with E-state index < -0.39 is 0 Å². The van der Waals surface area contributed by atoms with Crippen LogP contribution in [0.5, 0.6) is 0 Å². The molecule has 0 aliphatic carbocycles. The van der Waals surface area contributed by atoms with E-state index in [1.165, 1.54) is 6.20 Å². The van der Waals surface area contributed by atoms with E-state index in [2.05, 4.69) is 22.5 Å². The van der Waals surface area contributed by atoms with Crippen LogP contribution in [-0.2, 0) is 6.54 Å². The van der Waals surface area contributed by atoms with E-state index in [0.29, 0.717) is 22.9 Å². The van der Waals surface area contributed by atoms with E-state index in [1.54, 1.807) is 24.7 Å². The highest BCUT2D eigenvalue weighted by Crippen LogP contribution is 2.18. The predicted molar refractivity (Wildman–Crippen MR) is 77.9 cm³/mol. The maximum absolute atomic E-state index is 12.1. The maximum Gasteiger partial charge on any atom is 0.253 e. The highest BCUT2D eigenvalue weighted by atomic mass is 35.5. The van der Waals surface area contributed by atoms with Crippen LogP contribution in [0.25, 0.3) is 0 Å². The van der Waals surface area contributed by atoms with Crippen molar-refractivity contribution in [1.29, 1.82) is 0 Å². The number of pyridine rings is 1. The van der Waals surface area contributed by atoms with Gasteiger partial charge < -0.3 is 15.1 Å². The summed E-state index contributed by atoms with van der Waals surface area (Å²) in [6, 6.07) is 3.45. The van der Waals surface area contributed by atoms with Crippen LogP contribution in [0.15, 0.2) is 35.3 Å². The summed E-state index contributed by atoms with van der Waals surface area (Å²) in [5.41, 5.74) is 1.30. The van der Waals surface area contributed by atoms with E-state index in [9.17, 15) is 4.79 Å². The van der Waals surface area contributed by atoms with Gasteiger partial charge in [0.1, 0.15) is 5.82 Å². The summed E-state index contributed by atoms with van der Waals surface area (Å²) >= 11 is 6.02. The molecule has 0 spiro atoms. The molecule has 6 heteroatoms. The summed E-state index contributed by atoms with van der Waals surface area (Å²) in [5, 5.41) is 6.24. The molecule has 2 N–H and O–H groups in total. The van der Waals surface area contributed by atoms with Crippen molar-refractivity contribution in [2.75, 3.05) is 11.9 Å². The quantitative estimate of drug-likeness (QED) is 0.859. The van der Waals surface area contributed by atoms with Gasteiger partial charge in [-0.15, -0.1) is 0 Å². The summed E-state index contributed by atoms with van der Waals surface area (Å²) < 4.78 is 4.94. The lowest BCUT2D eigenvalue weighted by atomic mass is 10.2. The van der Waals surface area contributed by atoms with Gasteiger partial charge in [0.2, 0.25) is 0 Å². The molecular weight excluding hydrogens is 278 g/mol. The number of halogens is 1. The molecule has 0 radical (unpaired) electrons. The summed E-state index contributed by atoms with van der Waals surface area (Å²) in [6.07, 6.45) is 5.61. The molecule has 0 bridgehead atoms. The molecule has 2 heterocycles. The van der Waals surface area contributed by atoms with Gasteiger partial charge in [0.15, 0.2) is 0 Å². The van der Waals surface area contributed by atoms with E-state index >= 15 is 0 Å². The van der Waals surface area contributed by atoms with Crippen LogP contribution in [0, 0.1) is 0 Å². The third-order valence-corrected chi connectivity index (χ3v) is 2.99. The van der Waals surface area contributed by atoms with Crippen molar-refractivity contribution in [3.8, 4) is 0 Å². The first-order valence-electron chi connectivity index (χ1n) is 6.39. The smallest absolute Gasteiger partial charge is 0.253 e. The number of rotatable bonds is 6. The molecule has 0 saturated carbocycles. The second kappa shape index (κ2) is 6.96. The Morgan fingerprint density at radius 3 is 3.05 bits per heavy atom. The second-order valence-electron chi connectivity index (χ2n) is 4.29. The first-order chi connectivity index (χ1) is 9.70. The molecule has 20 heavy (non-hydrogen) atoms. The molecule has 2 aromatic heterocycles. The molecule has 106 valence electrons. The third-order valence-electron chi connectivity index (χ3n) is 2.69. The Bertz CT molecular complexity index is 570. The Morgan fingerprint density at radius 1 is 1.50 bits per heavy atom. The van der Waals surface area contributed by atoms with Gasteiger partial charge in [-0.1, -0.05) is 18.5 Å². The van der Waals surface area contributed by atoms with E-state index in [4.69, 9.17) is 16.0 Å². The van der Waals surface area contributed by atoms with Crippen LogP contribution in [0.3, 0.4) is 0 Å². The number of hydrogen-bond acceptors (Lipinski definition) is 4. The van der Waals surface area contributed by atoms with Crippen molar-refractivity contribution in [2.24, 2.45) is 0 Å². The van der Waals surface area contributed by atoms with E-state index in [0.717, 1.165) is 18.5 Å².